The van der Waals surface area contributed by atoms with Crippen LogP contribution in [0.4, 0.5) is 0 Å². The first-order valence-electron chi connectivity index (χ1n) is 18.9. The number of rotatable bonds is 31. The lowest BCUT2D eigenvalue weighted by Gasteiger charge is -2.41. The van der Waals surface area contributed by atoms with E-state index in [4.69, 9.17) is 18.9 Å². The highest BCUT2D eigenvalue weighted by Crippen LogP contribution is 2.32. The predicted octanol–water partition coefficient (Wildman–Crippen LogP) is 6.36. The summed E-state index contributed by atoms with van der Waals surface area (Å²) in [6, 6.07) is 0. The minimum atomic E-state index is -1.10. The predicted molar refractivity (Wildman–Crippen MR) is 202 cm³/mol. The summed E-state index contributed by atoms with van der Waals surface area (Å²) in [5, 5.41) is 6.84. The first kappa shape index (κ1) is 49.0. The minimum absolute atomic E-state index is 0.0139. The van der Waals surface area contributed by atoms with E-state index in [1.807, 2.05) is 48.5 Å². The van der Waals surface area contributed by atoms with Gasteiger partial charge in [-0.3, -0.25) is 24.0 Å². The lowest BCUT2D eigenvalue weighted by Crippen LogP contribution is -2.59. The van der Waals surface area contributed by atoms with E-state index in [0.717, 1.165) is 6.42 Å². The first-order valence-corrected chi connectivity index (χ1v) is 18.9. The van der Waals surface area contributed by atoms with Gasteiger partial charge in [0.15, 0.2) is 0 Å². The maximum absolute atomic E-state index is 13.6. The standard InChI is InChI=1S/C40H74N2O9/c1-14-34(46)36(7,8)26-38(11,12)42-37(9,10)21-25-51-39(13,15-2)20-16-35(47)41-40(27-48-22-17-31(5)43,28-49-23-18-32(6)44)29-50-24-19-33(45)30(3)4/h30,42H,14-29H2,1-13H3,(H,41,47). The molecule has 51 heavy (non-hydrogen) atoms. The van der Waals surface area contributed by atoms with Gasteiger partial charge in [-0.25, -0.2) is 0 Å². The second-order valence-corrected chi connectivity index (χ2v) is 16.9. The summed E-state index contributed by atoms with van der Waals surface area (Å²) in [5.74, 6) is -0.0419. The van der Waals surface area contributed by atoms with Crippen LogP contribution in [-0.2, 0) is 42.9 Å². The molecule has 298 valence electrons. The molecule has 0 aromatic heterocycles. The van der Waals surface area contributed by atoms with E-state index in [-0.39, 0.29) is 111 Å². The van der Waals surface area contributed by atoms with Crippen molar-refractivity contribution in [3.8, 4) is 0 Å². The minimum Gasteiger partial charge on any atom is -0.378 e. The average molecular weight is 727 g/mol. The van der Waals surface area contributed by atoms with Crippen LogP contribution in [0, 0.1) is 11.3 Å². The van der Waals surface area contributed by atoms with Crippen molar-refractivity contribution in [1.29, 1.82) is 0 Å². The van der Waals surface area contributed by atoms with E-state index in [1.54, 1.807) is 0 Å². The van der Waals surface area contributed by atoms with Gasteiger partial charge in [0, 0.05) is 61.1 Å². The molecule has 0 rings (SSSR count). The molecule has 0 fully saturated rings. The number of hydrogen-bond acceptors (Lipinski definition) is 10. The lowest BCUT2D eigenvalue weighted by molar-refractivity contribution is -0.131. The van der Waals surface area contributed by atoms with Crippen molar-refractivity contribution in [2.45, 2.75) is 170 Å². The molecule has 0 heterocycles. The summed E-state index contributed by atoms with van der Waals surface area (Å²) < 4.78 is 24.1. The zero-order valence-electron chi connectivity index (χ0n) is 34.6. The Morgan fingerprint density at radius 2 is 1.14 bits per heavy atom. The highest BCUT2D eigenvalue weighted by molar-refractivity contribution is 5.83. The molecule has 0 saturated heterocycles. The summed E-state index contributed by atoms with van der Waals surface area (Å²) in [6.07, 6.45) is 4.01. The molecule has 0 aromatic carbocycles. The average Bonchev–Trinajstić information content (AvgIpc) is 3.00. The van der Waals surface area contributed by atoms with Crippen LogP contribution in [0.15, 0.2) is 0 Å². The van der Waals surface area contributed by atoms with Gasteiger partial charge in [0.2, 0.25) is 5.91 Å². The zero-order chi connectivity index (χ0) is 39.5. The Morgan fingerprint density at radius 3 is 1.57 bits per heavy atom. The fourth-order valence-electron chi connectivity index (χ4n) is 6.27. The number of amides is 1. The number of hydrogen-bond donors (Lipinski definition) is 2. The number of ketones is 4. The van der Waals surface area contributed by atoms with E-state index in [0.29, 0.717) is 32.3 Å². The molecule has 0 spiro atoms. The monoisotopic (exact) mass is 727 g/mol. The maximum atomic E-state index is 13.6. The maximum Gasteiger partial charge on any atom is 0.220 e. The van der Waals surface area contributed by atoms with Crippen LogP contribution in [0.25, 0.3) is 0 Å². The summed E-state index contributed by atoms with van der Waals surface area (Å²) >= 11 is 0. The number of Topliss-reactive ketones (excluding diaryl/α,β-unsaturated/α-hetero) is 4. The summed E-state index contributed by atoms with van der Waals surface area (Å²) in [6.45, 7) is 26.3. The van der Waals surface area contributed by atoms with Gasteiger partial charge in [-0.05, 0) is 74.1 Å². The number of nitrogens with one attached hydrogen (secondary N) is 2. The van der Waals surface area contributed by atoms with Crippen molar-refractivity contribution >= 4 is 29.0 Å². The van der Waals surface area contributed by atoms with E-state index < -0.39 is 16.6 Å². The SMILES string of the molecule is CCC(=O)C(C)(C)CC(C)(C)NC(C)(C)CCOC(C)(CC)CCC(=O)NC(COCCC(C)=O)(COCCC(C)=O)COCCC(=O)C(C)C. The van der Waals surface area contributed by atoms with Crippen LogP contribution < -0.4 is 10.6 Å². The fourth-order valence-corrected chi connectivity index (χ4v) is 6.27. The third kappa shape index (κ3) is 21.9. The molecule has 1 atom stereocenters. The molecule has 2 N–H and O–H groups in total. The van der Waals surface area contributed by atoms with Crippen molar-refractivity contribution in [3.05, 3.63) is 0 Å². The van der Waals surface area contributed by atoms with Crippen LogP contribution >= 0.6 is 0 Å². The van der Waals surface area contributed by atoms with Gasteiger partial charge in [0.05, 0.1) is 45.2 Å². The molecule has 0 aliphatic rings. The highest BCUT2D eigenvalue weighted by atomic mass is 16.5. The second-order valence-electron chi connectivity index (χ2n) is 16.9. The zero-order valence-corrected chi connectivity index (χ0v) is 34.6. The van der Waals surface area contributed by atoms with Crippen molar-refractivity contribution in [2.75, 3.05) is 46.2 Å². The van der Waals surface area contributed by atoms with Gasteiger partial charge in [-0.15, -0.1) is 0 Å². The summed E-state index contributed by atoms with van der Waals surface area (Å²) in [7, 11) is 0. The second kappa shape index (κ2) is 22.9. The first-order chi connectivity index (χ1) is 23.4. The number of carbonyl (C=O) groups excluding carboxylic acids is 5. The highest BCUT2D eigenvalue weighted by Gasteiger charge is 2.37. The summed E-state index contributed by atoms with van der Waals surface area (Å²) in [4.78, 5) is 61.4. The molecule has 0 saturated carbocycles. The molecule has 0 aliphatic carbocycles. The smallest absolute Gasteiger partial charge is 0.220 e. The Kier molecular flexibility index (Phi) is 22.0. The van der Waals surface area contributed by atoms with Gasteiger partial charge in [0.1, 0.15) is 28.7 Å². The van der Waals surface area contributed by atoms with Crippen LogP contribution in [0.3, 0.4) is 0 Å². The third-order valence-corrected chi connectivity index (χ3v) is 9.32. The normalized spacial score (nSPS) is 14.0. The molecule has 0 bridgehead atoms. The van der Waals surface area contributed by atoms with Crippen LogP contribution in [0.5, 0.6) is 0 Å². The third-order valence-electron chi connectivity index (χ3n) is 9.32. The van der Waals surface area contributed by atoms with E-state index in [1.165, 1.54) is 13.8 Å². The Hall–Kier alpha value is -2.05. The fraction of sp³-hybridized carbons (Fsp3) is 0.875. The van der Waals surface area contributed by atoms with E-state index in [2.05, 4.69) is 38.3 Å². The topological polar surface area (TPSA) is 146 Å². The Balaban J connectivity index is 5.62. The van der Waals surface area contributed by atoms with E-state index >= 15 is 0 Å². The largest absolute Gasteiger partial charge is 0.378 e. The van der Waals surface area contributed by atoms with Gasteiger partial charge in [-0.2, -0.15) is 0 Å². The lowest BCUT2D eigenvalue weighted by atomic mass is 9.75. The van der Waals surface area contributed by atoms with Crippen molar-refractivity contribution in [2.24, 2.45) is 11.3 Å². The van der Waals surface area contributed by atoms with Gasteiger partial charge >= 0.3 is 0 Å². The Labute approximate surface area is 309 Å². The van der Waals surface area contributed by atoms with Crippen LogP contribution in [-0.4, -0.2) is 97.5 Å². The molecule has 11 heteroatoms. The Bertz CT molecular complexity index is 1080. The molecule has 0 aromatic rings. The molecular formula is C40H74N2O9. The number of ether oxygens (including phenoxy) is 4. The summed E-state index contributed by atoms with van der Waals surface area (Å²) in [5.41, 5.74) is -2.60. The van der Waals surface area contributed by atoms with Crippen molar-refractivity contribution in [1.82, 2.24) is 10.6 Å². The quantitative estimate of drug-likeness (QED) is 0.0774. The molecule has 0 aliphatic heterocycles. The molecule has 1 unspecified atom stereocenters. The Morgan fingerprint density at radius 1 is 0.647 bits per heavy atom. The molecular weight excluding hydrogens is 652 g/mol. The number of carbonyl (C=O) groups is 5. The molecule has 1 amide bonds. The van der Waals surface area contributed by atoms with Gasteiger partial charge in [-0.1, -0.05) is 41.5 Å². The van der Waals surface area contributed by atoms with Gasteiger partial charge < -0.3 is 29.6 Å². The molecule has 0 radical (unpaired) electrons. The van der Waals surface area contributed by atoms with Crippen molar-refractivity contribution < 1.29 is 42.9 Å². The molecule has 11 nitrogen and oxygen atoms in total. The van der Waals surface area contributed by atoms with Crippen LogP contribution in [0.1, 0.15) is 148 Å². The van der Waals surface area contributed by atoms with Crippen LogP contribution in [0.2, 0.25) is 0 Å². The van der Waals surface area contributed by atoms with Gasteiger partial charge in [0.25, 0.3) is 0 Å². The van der Waals surface area contributed by atoms with E-state index in [9.17, 15) is 24.0 Å². The van der Waals surface area contributed by atoms with Crippen molar-refractivity contribution in [3.63, 3.8) is 0 Å².